The molecular formula is C13H15BrN2O3S. The van der Waals surface area contributed by atoms with Crippen LogP contribution in [0.3, 0.4) is 0 Å². The van der Waals surface area contributed by atoms with Gasteiger partial charge in [-0.15, -0.1) is 0 Å². The molecule has 0 bridgehead atoms. The maximum Gasteiger partial charge on any atom is 0.299 e. The smallest absolute Gasteiger partial charge is 0.299 e. The number of hydrogen-bond donors (Lipinski definition) is 2. The van der Waals surface area contributed by atoms with E-state index in [-0.39, 0.29) is 6.54 Å². The molecule has 0 aromatic heterocycles. The molecule has 0 amide bonds. The lowest BCUT2D eigenvalue weighted by Gasteiger charge is -2.12. The summed E-state index contributed by atoms with van der Waals surface area (Å²) in [6.45, 7) is 0.544. The van der Waals surface area contributed by atoms with E-state index in [0.29, 0.717) is 12.3 Å². The third kappa shape index (κ3) is 3.69. The van der Waals surface area contributed by atoms with Crippen molar-refractivity contribution in [3.8, 4) is 0 Å². The van der Waals surface area contributed by atoms with Crippen LogP contribution in [0.4, 0.5) is 5.69 Å². The summed E-state index contributed by atoms with van der Waals surface area (Å²) in [5, 5.41) is 1.78. The number of nitrogens with one attached hydrogen (secondary N) is 2. The summed E-state index contributed by atoms with van der Waals surface area (Å²) in [5.74, 6) is 0. The maximum absolute atomic E-state index is 11.9. The summed E-state index contributed by atoms with van der Waals surface area (Å²) in [6.07, 6.45) is 0. The number of fused-ring (bicyclic) bond motifs is 1. The molecule has 0 aliphatic rings. The lowest BCUT2D eigenvalue weighted by Crippen LogP contribution is -2.32. The van der Waals surface area contributed by atoms with Gasteiger partial charge in [0, 0.05) is 23.5 Å². The van der Waals surface area contributed by atoms with Crippen LogP contribution >= 0.6 is 15.9 Å². The predicted molar refractivity (Wildman–Crippen MR) is 84.1 cm³/mol. The minimum atomic E-state index is -3.61. The Bertz CT molecular complexity index is 704. The average Bonchev–Trinajstić information content (AvgIpc) is 2.42. The summed E-state index contributed by atoms with van der Waals surface area (Å²) >= 11 is 3.45. The van der Waals surface area contributed by atoms with Crippen LogP contribution in [-0.4, -0.2) is 28.7 Å². The van der Waals surface area contributed by atoms with Crippen molar-refractivity contribution in [1.29, 1.82) is 0 Å². The van der Waals surface area contributed by atoms with Gasteiger partial charge in [-0.05, 0) is 17.5 Å². The monoisotopic (exact) mass is 358 g/mol. The number of halogens is 1. The van der Waals surface area contributed by atoms with Gasteiger partial charge in [-0.25, -0.2) is 0 Å². The Morgan fingerprint density at radius 3 is 2.55 bits per heavy atom. The van der Waals surface area contributed by atoms with Crippen LogP contribution in [0.1, 0.15) is 0 Å². The van der Waals surface area contributed by atoms with Gasteiger partial charge in [0.1, 0.15) is 0 Å². The van der Waals surface area contributed by atoms with Crippen molar-refractivity contribution in [2.75, 3.05) is 25.0 Å². The first-order chi connectivity index (χ1) is 9.53. The third-order valence-electron chi connectivity index (χ3n) is 2.71. The molecule has 7 heteroatoms. The second-order valence-corrected chi connectivity index (χ2v) is 6.49. The maximum atomic E-state index is 11.9. The highest BCUT2D eigenvalue weighted by molar-refractivity contribution is 9.10. The predicted octanol–water partition coefficient (Wildman–Crippen LogP) is 2.50. The van der Waals surface area contributed by atoms with Crippen molar-refractivity contribution in [2.45, 2.75) is 0 Å². The van der Waals surface area contributed by atoms with E-state index in [2.05, 4.69) is 25.4 Å². The van der Waals surface area contributed by atoms with Gasteiger partial charge in [-0.3, -0.25) is 4.72 Å². The minimum absolute atomic E-state index is 0.223. The highest BCUT2D eigenvalue weighted by atomic mass is 79.9. The zero-order valence-corrected chi connectivity index (χ0v) is 13.3. The highest BCUT2D eigenvalue weighted by Crippen LogP contribution is 2.30. The summed E-state index contributed by atoms with van der Waals surface area (Å²) in [6, 6.07) is 11.1. The Kier molecular flexibility index (Phi) is 4.98. The van der Waals surface area contributed by atoms with Crippen LogP contribution in [0.15, 0.2) is 40.9 Å². The fourth-order valence-electron chi connectivity index (χ4n) is 1.81. The lowest BCUT2D eigenvalue weighted by molar-refractivity contribution is 0.204. The second-order valence-electron chi connectivity index (χ2n) is 4.13. The van der Waals surface area contributed by atoms with Crippen LogP contribution < -0.4 is 9.44 Å². The van der Waals surface area contributed by atoms with Crippen LogP contribution in [0.5, 0.6) is 0 Å². The quantitative estimate of drug-likeness (QED) is 0.779. The minimum Gasteiger partial charge on any atom is -0.383 e. The molecule has 0 unspecified atom stereocenters. The molecule has 0 fully saturated rings. The number of methoxy groups -OCH3 is 1. The Hall–Kier alpha value is -1.15. The molecule has 0 saturated carbocycles. The fourth-order valence-corrected chi connectivity index (χ4v) is 3.18. The van der Waals surface area contributed by atoms with Gasteiger partial charge in [-0.1, -0.05) is 40.2 Å². The summed E-state index contributed by atoms with van der Waals surface area (Å²) < 4.78 is 34.5. The van der Waals surface area contributed by atoms with Gasteiger partial charge in [0.2, 0.25) is 0 Å². The second kappa shape index (κ2) is 6.53. The van der Waals surface area contributed by atoms with E-state index in [1.54, 1.807) is 6.07 Å². The number of hydrogen-bond acceptors (Lipinski definition) is 3. The van der Waals surface area contributed by atoms with E-state index < -0.39 is 10.2 Å². The van der Waals surface area contributed by atoms with Crippen molar-refractivity contribution in [3.05, 3.63) is 40.9 Å². The normalized spacial score (nSPS) is 11.7. The van der Waals surface area contributed by atoms with Gasteiger partial charge in [0.15, 0.2) is 0 Å². The largest absolute Gasteiger partial charge is 0.383 e. The SMILES string of the molecule is COCCNS(=O)(=O)Nc1ccc(Br)c2ccccc12. The Morgan fingerprint density at radius 1 is 1.15 bits per heavy atom. The Morgan fingerprint density at radius 2 is 1.85 bits per heavy atom. The number of benzene rings is 2. The molecule has 0 aliphatic heterocycles. The van der Waals surface area contributed by atoms with E-state index in [4.69, 9.17) is 4.74 Å². The van der Waals surface area contributed by atoms with E-state index in [1.165, 1.54) is 7.11 Å². The molecule has 0 aliphatic carbocycles. The van der Waals surface area contributed by atoms with Gasteiger partial charge in [-0.2, -0.15) is 13.1 Å². The fraction of sp³-hybridized carbons (Fsp3) is 0.231. The molecule has 0 heterocycles. The summed E-state index contributed by atoms with van der Waals surface area (Å²) in [5.41, 5.74) is 0.536. The van der Waals surface area contributed by atoms with Crippen LogP contribution in [-0.2, 0) is 14.9 Å². The first kappa shape index (κ1) is 15.2. The molecule has 108 valence electrons. The van der Waals surface area contributed by atoms with Gasteiger partial charge in [0.25, 0.3) is 10.2 Å². The first-order valence-electron chi connectivity index (χ1n) is 5.97. The van der Waals surface area contributed by atoms with Crippen LogP contribution in [0.2, 0.25) is 0 Å². The summed E-state index contributed by atoms with van der Waals surface area (Å²) in [4.78, 5) is 0. The van der Waals surface area contributed by atoms with E-state index in [0.717, 1.165) is 15.2 Å². The zero-order valence-electron chi connectivity index (χ0n) is 10.9. The Balaban J connectivity index is 2.28. The molecule has 0 atom stereocenters. The van der Waals surface area contributed by atoms with E-state index >= 15 is 0 Å². The number of rotatable bonds is 6. The molecule has 0 saturated heterocycles. The molecule has 2 aromatic rings. The molecule has 2 rings (SSSR count). The number of ether oxygens (including phenoxy) is 1. The molecule has 2 N–H and O–H groups in total. The number of anilines is 1. The van der Waals surface area contributed by atoms with Crippen molar-refractivity contribution < 1.29 is 13.2 Å². The zero-order chi connectivity index (χ0) is 14.6. The van der Waals surface area contributed by atoms with E-state index in [1.807, 2.05) is 30.3 Å². The highest BCUT2D eigenvalue weighted by Gasteiger charge is 2.12. The molecule has 0 spiro atoms. The molecule has 20 heavy (non-hydrogen) atoms. The van der Waals surface area contributed by atoms with Crippen molar-refractivity contribution in [3.63, 3.8) is 0 Å². The molecule has 0 radical (unpaired) electrons. The average molecular weight is 359 g/mol. The van der Waals surface area contributed by atoms with Crippen LogP contribution in [0.25, 0.3) is 10.8 Å². The van der Waals surface area contributed by atoms with Crippen molar-refractivity contribution in [1.82, 2.24) is 4.72 Å². The van der Waals surface area contributed by atoms with Crippen molar-refractivity contribution >= 4 is 42.6 Å². The Labute approximate surface area is 126 Å². The van der Waals surface area contributed by atoms with E-state index in [9.17, 15) is 8.42 Å². The van der Waals surface area contributed by atoms with Gasteiger partial charge in [0.05, 0.1) is 12.3 Å². The lowest BCUT2D eigenvalue weighted by atomic mass is 10.1. The van der Waals surface area contributed by atoms with Crippen molar-refractivity contribution in [2.24, 2.45) is 0 Å². The third-order valence-corrected chi connectivity index (χ3v) is 4.48. The first-order valence-corrected chi connectivity index (χ1v) is 8.25. The molecule has 5 nitrogen and oxygen atoms in total. The van der Waals surface area contributed by atoms with Crippen LogP contribution in [0, 0.1) is 0 Å². The molecular weight excluding hydrogens is 344 g/mol. The van der Waals surface area contributed by atoms with Gasteiger partial charge >= 0.3 is 0 Å². The standard InChI is InChI=1S/C13H15BrN2O3S/c1-19-9-8-15-20(17,18)16-13-7-6-12(14)10-4-2-3-5-11(10)13/h2-7,15-16H,8-9H2,1H3. The topological polar surface area (TPSA) is 67.4 Å². The molecule has 2 aromatic carbocycles. The summed E-state index contributed by atoms with van der Waals surface area (Å²) in [7, 11) is -2.09. The van der Waals surface area contributed by atoms with Gasteiger partial charge < -0.3 is 4.74 Å².